The molecule has 0 unspecified atom stereocenters. The molecular weight excluding hydrogens is 466 g/mol. The minimum Gasteiger partial charge on any atom is -0.359 e. The number of hydrogen-bond donors (Lipinski definition) is 2. The Kier molecular flexibility index (Phi) is 5.19. The molecule has 0 bridgehead atoms. The molecule has 37 heavy (non-hydrogen) atoms. The van der Waals surface area contributed by atoms with Crippen molar-refractivity contribution in [2.75, 3.05) is 10.2 Å². The number of benzene rings is 3. The smallest absolute Gasteiger partial charge is 0.258 e. The number of rotatable bonds is 5. The van der Waals surface area contributed by atoms with Crippen LogP contribution in [-0.2, 0) is 16.8 Å². The molecule has 3 heterocycles. The predicted octanol–water partition coefficient (Wildman–Crippen LogP) is 5.60. The van der Waals surface area contributed by atoms with Crippen molar-refractivity contribution in [3.8, 4) is 11.3 Å². The van der Waals surface area contributed by atoms with E-state index in [0.29, 0.717) is 22.8 Å². The molecule has 8 nitrogen and oxygen atoms in total. The number of aromatic amines is 1. The van der Waals surface area contributed by atoms with Gasteiger partial charge in [0.1, 0.15) is 5.69 Å². The number of hydrogen-bond acceptors (Lipinski definition) is 5. The van der Waals surface area contributed by atoms with Gasteiger partial charge in [-0.2, -0.15) is 0 Å². The van der Waals surface area contributed by atoms with Gasteiger partial charge in [0.15, 0.2) is 5.76 Å². The highest BCUT2D eigenvalue weighted by atomic mass is 16.5. The monoisotopic (exact) mass is 491 g/mol. The second-order valence-electron chi connectivity index (χ2n) is 9.80. The fourth-order valence-corrected chi connectivity index (χ4v) is 4.84. The summed E-state index contributed by atoms with van der Waals surface area (Å²) in [5, 5.41) is 7.04. The normalized spacial score (nSPS) is 14.2. The van der Waals surface area contributed by atoms with E-state index in [-0.39, 0.29) is 18.4 Å². The molecule has 0 spiro atoms. The minimum atomic E-state index is -0.741. The maximum Gasteiger partial charge on any atom is 0.258 e. The van der Waals surface area contributed by atoms with Crippen molar-refractivity contribution >= 4 is 34.5 Å². The van der Waals surface area contributed by atoms with Gasteiger partial charge in [-0.1, -0.05) is 53.7 Å². The Labute approximate surface area is 213 Å². The molecule has 2 N–H and O–H groups in total. The Balaban J connectivity index is 1.31. The van der Waals surface area contributed by atoms with Gasteiger partial charge in [-0.3, -0.25) is 14.9 Å². The van der Waals surface area contributed by atoms with E-state index >= 15 is 0 Å². The number of amides is 2. The average molecular weight is 492 g/mol. The Morgan fingerprint density at radius 2 is 1.81 bits per heavy atom. The highest BCUT2D eigenvalue weighted by Gasteiger charge is 2.44. The molecule has 0 atom stereocenters. The molecular formula is C29H25N5O3. The standard InChI is InChI=1S/C29H25N5O3/c1-17-9-7-8-12-20(17)26(35)32-28-30-23-14-21-25(15-24(23)31-28)34(27(36)29(21,2)3)16-19-13-22(33-37-19)18-10-5-4-6-11-18/h4-15H,16H2,1-3H3,(H2,30,31,32,35). The molecule has 2 amide bonds. The van der Waals surface area contributed by atoms with Crippen molar-refractivity contribution in [3.05, 3.63) is 95.2 Å². The molecule has 0 radical (unpaired) electrons. The van der Waals surface area contributed by atoms with E-state index in [0.717, 1.165) is 33.6 Å². The molecule has 6 rings (SSSR count). The van der Waals surface area contributed by atoms with Crippen LogP contribution in [0, 0.1) is 6.92 Å². The number of aromatic nitrogens is 3. The van der Waals surface area contributed by atoms with Crippen LogP contribution in [0.2, 0.25) is 0 Å². The number of aryl methyl sites for hydroxylation is 1. The van der Waals surface area contributed by atoms with Crippen LogP contribution in [-0.4, -0.2) is 26.9 Å². The number of carbonyl (C=O) groups excluding carboxylic acids is 2. The summed E-state index contributed by atoms with van der Waals surface area (Å²) in [4.78, 5) is 35.7. The van der Waals surface area contributed by atoms with Gasteiger partial charge in [-0.15, -0.1) is 0 Å². The lowest BCUT2D eigenvalue weighted by Gasteiger charge is -2.19. The SMILES string of the molecule is Cc1ccccc1C(=O)Nc1nc2cc3c(cc2[nH]1)N(Cc1cc(-c2ccccc2)no1)C(=O)C3(C)C. The van der Waals surface area contributed by atoms with E-state index in [1.807, 2.05) is 87.5 Å². The lowest BCUT2D eigenvalue weighted by Crippen LogP contribution is -2.35. The van der Waals surface area contributed by atoms with Crippen molar-refractivity contribution in [1.29, 1.82) is 0 Å². The Bertz CT molecular complexity index is 1670. The Morgan fingerprint density at radius 3 is 2.59 bits per heavy atom. The molecule has 1 aliphatic heterocycles. The Morgan fingerprint density at radius 1 is 1.05 bits per heavy atom. The van der Waals surface area contributed by atoms with Crippen LogP contribution in [0.25, 0.3) is 22.3 Å². The molecule has 184 valence electrons. The van der Waals surface area contributed by atoms with E-state index in [9.17, 15) is 9.59 Å². The van der Waals surface area contributed by atoms with E-state index in [2.05, 4.69) is 20.4 Å². The van der Waals surface area contributed by atoms with Gasteiger partial charge in [0, 0.05) is 17.2 Å². The fourth-order valence-electron chi connectivity index (χ4n) is 4.84. The molecule has 2 aromatic heterocycles. The lowest BCUT2D eigenvalue weighted by atomic mass is 9.86. The van der Waals surface area contributed by atoms with Crippen LogP contribution >= 0.6 is 0 Å². The van der Waals surface area contributed by atoms with Crippen molar-refractivity contribution in [2.24, 2.45) is 0 Å². The van der Waals surface area contributed by atoms with Crippen LogP contribution in [0.5, 0.6) is 0 Å². The molecule has 5 aromatic rings. The second-order valence-corrected chi connectivity index (χ2v) is 9.80. The number of fused-ring (bicyclic) bond motifs is 2. The van der Waals surface area contributed by atoms with Crippen molar-refractivity contribution in [1.82, 2.24) is 15.1 Å². The maximum atomic E-state index is 13.4. The van der Waals surface area contributed by atoms with Crippen LogP contribution in [0.3, 0.4) is 0 Å². The molecule has 0 aliphatic carbocycles. The van der Waals surface area contributed by atoms with Gasteiger partial charge in [0.2, 0.25) is 11.9 Å². The van der Waals surface area contributed by atoms with Gasteiger partial charge in [-0.05, 0) is 50.1 Å². The summed E-state index contributed by atoms with van der Waals surface area (Å²) in [6.45, 7) is 5.96. The number of nitrogens with one attached hydrogen (secondary N) is 2. The van der Waals surface area contributed by atoms with Gasteiger partial charge in [-0.25, -0.2) is 4.98 Å². The summed E-state index contributed by atoms with van der Waals surface area (Å²) in [6, 6.07) is 22.8. The quantitative estimate of drug-likeness (QED) is 0.333. The van der Waals surface area contributed by atoms with E-state index in [1.54, 1.807) is 11.0 Å². The molecule has 0 saturated heterocycles. The summed E-state index contributed by atoms with van der Waals surface area (Å²) in [5.41, 5.74) is 5.44. The molecule has 8 heteroatoms. The summed E-state index contributed by atoms with van der Waals surface area (Å²) < 4.78 is 5.59. The summed E-state index contributed by atoms with van der Waals surface area (Å²) >= 11 is 0. The summed E-state index contributed by atoms with van der Waals surface area (Å²) in [7, 11) is 0. The van der Waals surface area contributed by atoms with Crippen molar-refractivity contribution in [3.63, 3.8) is 0 Å². The lowest BCUT2D eigenvalue weighted by molar-refractivity contribution is -0.122. The first-order valence-corrected chi connectivity index (χ1v) is 12.1. The van der Waals surface area contributed by atoms with Gasteiger partial charge in [0.05, 0.1) is 28.7 Å². The third-order valence-electron chi connectivity index (χ3n) is 6.91. The molecule has 0 fully saturated rings. The van der Waals surface area contributed by atoms with Crippen LogP contribution in [0.4, 0.5) is 11.6 Å². The van der Waals surface area contributed by atoms with E-state index in [4.69, 9.17) is 4.52 Å². The summed E-state index contributed by atoms with van der Waals surface area (Å²) in [5.74, 6) is 0.680. The molecule has 1 aliphatic rings. The van der Waals surface area contributed by atoms with Crippen molar-refractivity contribution in [2.45, 2.75) is 32.7 Å². The number of carbonyl (C=O) groups is 2. The minimum absolute atomic E-state index is 0.0270. The fraction of sp³-hybridized carbons (Fsp3) is 0.172. The number of anilines is 2. The Hall–Kier alpha value is -4.72. The first-order valence-electron chi connectivity index (χ1n) is 12.1. The molecule has 3 aromatic carbocycles. The maximum absolute atomic E-state index is 13.4. The zero-order chi connectivity index (χ0) is 25.7. The van der Waals surface area contributed by atoms with E-state index in [1.165, 1.54) is 0 Å². The zero-order valence-electron chi connectivity index (χ0n) is 20.7. The number of nitrogens with zero attached hydrogens (tertiary/aromatic N) is 3. The summed E-state index contributed by atoms with van der Waals surface area (Å²) in [6.07, 6.45) is 0. The molecule has 0 saturated carbocycles. The topological polar surface area (TPSA) is 104 Å². The second kappa shape index (κ2) is 8.44. The van der Waals surface area contributed by atoms with E-state index < -0.39 is 5.41 Å². The number of imidazole rings is 1. The highest BCUT2D eigenvalue weighted by molar-refractivity contribution is 6.10. The average Bonchev–Trinajstić information content (AvgIpc) is 3.56. The predicted molar refractivity (Wildman–Crippen MR) is 141 cm³/mol. The van der Waals surface area contributed by atoms with Crippen LogP contribution in [0.1, 0.15) is 41.1 Å². The number of H-pyrrole nitrogens is 1. The van der Waals surface area contributed by atoms with Gasteiger partial charge in [0.25, 0.3) is 5.91 Å². The highest BCUT2D eigenvalue weighted by Crippen LogP contribution is 2.44. The first kappa shape index (κ1) is 22.7. The first-order chi connectivity index (χ1) is 17.8. The third-order valence-corrected chi connectivity index (χ3v) is 6.91. The van der Waals surface area contributed by atoms with Gasteiger partial charge < -0.3 is 14.4 Å². The third kappa shape index (κ3) is 3.87. The van der Waals surface area contributed by atoms with Crippen LogP contribution < -0.4 is 10.2 Å². The largest absolute Gasteiger partial charge is 0.359 e. The van der Waals surface area contributed by atoms with Gasteiger partial charge >= 0.3 is 0 Å². The van der Waals surface area contributed by atoms with Crippen molar-refractivity contribution < 1.29 is 14.1 Å². The van der Waals surface area contributed by atoms with Crippen LogP contribution in [0.15, 0.2) is 77.3 Å². The zero-order valence-corrected chi connectivity index (χ0v) is 20.7.